The Morgan fingerprint density at radius 3 is 2.56 bits per heavy atom. The molecule has 6 heteroatoms. The molecule has 0 unspecified atom stereocenters. The van der Waals surface area contributed by atoms with Crippen molar-refractivity contribution in [3.63, 3.8) is 0 Å². The van der Waals surface area contributed by atoms with Gasteiger partial charge in [-0.05, 0) is 12.8 Å². The monoisotopic (exact) mass is 222 g/mol. The van der Waals surface area contributed by atoms with E-state index in [4.69, 9.17) is 5.11 Å². The van der Waals surface area contributed by atoms with E-state index in [1.807, 2.05) is 4.90 Å². The summed E-state index contributed by atoms with van der Waals surface area (Å²) in [6.07, 6.45) is 5.79. The van der Waals surface area contributed by atoms with Crippen molar-refractivity contribution in [2.45, 2.75) is 25.7 Å². The largest absolute Gasteiger partial charge is 0.476 e. The van der Waals surface area contributed by atoms with Crippen LogP contribution in [0.4, 0.5) is 5.95 Å². The number of anilines is 1. The van der Waals surface area contributed by atoms with E-state index in [0.29, 0.717) is 5.95 Å². The molecule has 1 N–H and O–H groups in total. The molecule has 0 amide bonds. The average molecular weight is 222 g/mol. The van der Waals surface area contributed by atoms with Gasteiger partial charge in [0.1, 0.15) is 0 Å². The van der Waals surface area contributed by atoms with Crippen LogP contribution in [0.5, 0.6) is 0 Å². The zero-order chi connectivity index (χ0) is 11.4. The van der Waals surface area contributed by atoms with Crippen molar-refractivity contribution in [1.29, 1.82) is 0 Å². The molecule has 1 aromatic rings. The SMILES string of the molecule is O=C(O)c1cnnc(N2CCCCCC2)n1. The standard InChI is InChI=1S/C10H14N4O2/c15-9(16)8-7-11-13-10(12-8)14-5-3-1-2-4-6-14/h7H,1-6H2,(H,15,16). The van der Waals surface area contributed by atoms with Gasteiger partial charge in [0.2, 0.25) is 5.95 Å². The Balaban J connectivity index is 2.18. The van der Waals surface area contributed by atoms with Gasteiger partial charge in [0.15, 0.2) is 5.69 Å². The van der Waals surface area contributed by atoms with Gasteiger partial charge >= 0.3 is 5.97 Å². The van der Waals surface area contributed by atoms with Gasteiger partial charge in [0.25, 0.3) is 0 Å². The van der Waals surface area contributed by atoms with Crippen molar-refractivity contribution in [3.05, 3.63) is 11.9 Å². The first-order chi connectivity index (χ1) is 7.77. The number of carboxylic acids is 1. The quantitative estimate of drug-likeness (QED) is 0.802. The second-order valence-electron chi connectivity index (χ2n) is 3.85. The summed E-state index contributed by atoms with van der Waals surface area (Å²) in [5.74, 6) is -0.632. The third-order valence-corrected chi connectivity index (χ3v) is 2.66. The van der Waals surface area contributed by atoms with E-state index in [-0.39, 0.29) is 5.69 Å². The van der Waals surface area contributed by atoms with Gasteiger partial charge in [-0.2, -0.15) is 5.10 Å². The summed E-state index contributed by atoms with van der Waals surface area (Å²) in [5, 5.41) is 16.4. The topological polar surface area (TPSA) is 79.2 Å². The maximum absolute atomic E-state index is 10.8. The average Bonchev–Trinajstić information content (AvgIpc) is 2.57. The van der Waals surface area contributed by atoms with E-state index < -0.39 is 5.97 Å². The zero-order valence-corrected chi connectivity index (χ0v) is 8.96. The van der Waals surface area contributed by atoms with E-state index in [2.05, 4.69) is 15.2 Å². The highest BCUT2D eigenvalue weighted by atomic mass is 16.4. The predicted octanol–water partition coefficient (Wildman–Crippen LogP) is 0.950. The molecule has 0 aromatic carbocycles. The van der Waals surface area contributed by atoms with Crippen molar-refractivity contribution in [2.24, 2.45) is 0 Å². The number of hydrogen-bond donors (Lipinski definition) is 1. The number of nitrogens with zero attached hydrogens (tertiary/aromatic N) is 4. The number of rotatable bonds is 2. The van der Waals surface area contributed by atoms with Crippen LogP contribution in [0.15, 0.2) is 6.20 Å². The van der Waals surface area contributed by atoms with Crippen LogP contribution < -0.4 is 4.90 Å². The van der Waals surface area contributed by atoms with Crippen molar-refractivity contribution >= 4 is 11.9 Å². The Hall–Kier alpha value is -1.72. The van der Waals surface area contributed by atoms with Gasteiger partial charge in [0, 0.05) is 13.1 Å². The van der Waals surface area contributed by atoms with Crippen LogP contribution >= 0.6 is 0 Å². The molecule has 6 nitrogen and oxygen atoms in total. The first-order valence-corrected chi connectivity index (χ1v) is 5.45. The first kappa shape index (κ1) is 10.8. The molecular weight excluding hydrogens is 208 g/mol. The molecule has 0 bridgehead atoms. The molecule has 0 radical (unpaired) electrons. The van der Waals surface area contributed by atoms with E-state index >= 15 is 0 Å². The van der Waals surface area contributed by atoms with Crippen LogP contribution in [0.2, 0.25) is 0 Å². The summed E-state index contributed by atoms with van der Waals surface area (Å²) in [7, 11) is 0. The molecule has 1 fully saturated rings. The minimum absolute atomic E-state index is 0.0470. The van der Waals surface area contributed by atoms with Crippen molar-refractivity contribution < 1.29 is 9.90 Å². The van der Waals surface area contributed by atoms with E-state index in [0.717, 1.165) is 25.9 Å². The summed E-state index contributed by atoms with van der Waals surface area (Å²) in [5.41, 5.74) is -0.0470. The normalized spacial score (nSPS) is 16.9. The number of carboxylic acid groups (broad SMARTS) is 1. The molecular formula is C10H14N4O2. The predicted molar refractivity (Wildman–Crippen MR) is 57.5 cm³/mol. The second kappa shape index (κ2) is 4.87. The zero-order valence-electron chi connectivity index (χ0n) is 8.96. The van der Waals surface area contributed by atoms with Crippen LogP contribution in [0.25, 0.3) is 0 Å². The first-order valence-electron chi connectivity index (χ1n) is 5.45. The minimum atomic E-state index is -1.06. The van der Waals surface area contributed by atoms with Gasteiger partial charge in [0.05, 0.1) is 6.20 Å². The minimum Gasteiger partial charge on any atom is -0.476 e. The van der Waals surface area contributed by atoms with Crippen LogP contribution in [-0.4, -0.2) is 39.3 Å². The highest BCUT2D eigenvalue weighted by Crippen LogP contribution is 2.14. The maximum atomic E-state index is 10.8. The van der Waals surface area contributed by atoms with E-state index in [1.54, 1.807) is 0 Å². The Morgan fingerprint density at radius 1 is 1.25 bits per heavy atom. The van der Waals surface area contributed by atoms with E-state index in [1.165, 1.54) is 19.0 Å². The van der Waals surface area contributed by atoms with E-state index in [9.17, 15) is 4.79 Å². The third kappa shape index (κ3) is 2.44. The molecule has 1 saturated heterocycles. The van der Waals surface area contributed by atoms with Crippen molar-refractivity contribution in [1.82, 2.24) is 15.2 Å². The second-order valence-corrected chi connectivity index (χ2v) is 3.85. The van der Waals surface area contributed by atoms with Crippen molar-refractivity contribution in [2.75, 3.05) is 18.0 Å². The molecule has 2 rings (SSSR count). The lowest BCUT2D eigenvalue weighted by Crippen LogP contribution is -2.27. The fourth-order valence-electron chi connectivity index (χ4n) is 1.80. The fourth-order valence-corrected chi connectivity index (χ4v) is 1.80. The molecule has 0 spiro atoms. The molecule has 1 aliphatic rings. The Labute approximate surface area is 93.3 Å². The van der Waals surface area contributed by atoms with Crippen LogP contribution in [0, 0.1) is 0 Å². The van der Waals surface area contributed by atoms with Crippen LogP contribution in [0.1, 0.15) is 36.2 Å². The Bertz CT molecular complexity index is 375. The summed E-state index contributed by atoms with van der Waals surface area (Å²) in [6.45, 7) is 1.76. The molecule has 86 valence electrons. The Kier molecular flexibility index (Phi) is 3.28. The number of hydrogen-bond acceptors (Lipinski definition) is 5. The molecule has 2 heterocycles. The van der Waals surface area contributed by atoms with Crippen LogP contribution in [0.3, 0.4) is 0 Å². The highest BCUT2D eigenvalue weighted by Gasteiger charge is 2.15. The summed E-state index contributed by atoms with van der Waals surface area (Å²) >= 11 is 0. The number of aromatic carboxylic acids is 1. The lowest BCUT2D eigenvalue weighted by molar-refractivity contribution is 0.0689. The number of carbonyl (C=O) groups is 1. The number of aromatic nitrogens is 3. The van der Waals surface area contributed by atoms with Gasteiger partial charge < -0.3 is 10.0 Å². The van der Waals surface area contributed by atoms with Gasteiger partial charge in [-0.3, -0.25) is 0 Å². The fraction of sp³-hybridized carbons (Fsp3) is 0.600. The molecule has 1 aromatic heterocycles. The lowest BCUT2D eigenvalue weighted by Gasteiger charge is -2.19. The van der Waals surface area contributed by atoms with Crippen molar-refractivity contribution in [3.8, 4) is 0 Å². The summed E-state index contributed by atoms with van der Waals surface area (Å²) in [6, 6.07) is 0. The highest BCUT2D eigenvalue weighted by molar-refractivity contribution is 5.85. The molecule has 1 aliphatic heterocycles. The van der Waals surface area contributed by atoms with Gasteiger partial charge in [-0.25, -0.2) is 9.78 Å². The van der Waals surface area contributed by atoms with Crippen LogP contribution in [-0.2, 0) is 0 Å². The lowest BCUT2D eigenvalue weighted by atomic mass is 10.2. The maximum Gasteiger partial charge on any atom is 0.356 e. The third-order valence-electron chi connectivity index (χ3n) is 2.66. The molecule has 0 aliphatic carbocycles. The smallest absolute Gasteiger partial charge is 0.356 e. The molecule has 16 heavy (non-hydrogen) atoms. The Morgan fingerprint density at radius 2 is 1.94 bits per heavy atom. The summed E-state index contributed by atoms with van der Waals surface area (Å²) in [4.78, 5) is 16.8. The molecule has 0 saturated carbocycles. The van der Waals surface area contributed by atoms with Gasteiger partial charge in [-0.15, -0.1) is 5.10 Å². The summed E-state index contributed by atoms with van der Waals surface area (Å²) < 4.78 is 0. The van der Waals surface area contributed by atoms with Gasteiger partial charge in [-0.1, -0.05) is 12.8 Å². The molecule has 0 atom stereocenters.